The number of rotatable bonds is 5. The second-order valence-corrected chi connectivity index (χ2v) is 5.55. The van der Waals surface area contributed by atoms with Crippen LogP contribution in [0.2, 0.25) is 0 Å². The maximum Gasteiger partial charge on any atom is 0.253 e. The largest absolute Gasteiger partial charge is 0.497 e. The smallest absolute Gasteiger partial charge is 0.253 e. The Labute approximate surface area is 129 Å². The van der Waals surface area contributed by atoms with Crippen LogP contribution in [0, 0.1) is 0 Å². The van der Waals surface area contributed by atoms with Gasteiger partial charge in [-0.3, -0.25) is 9.59 Å². The van der Waals surface area contributed by atoms with Gasteiger partial charge in [0, 0.05) is 28.9 Å². The molecule has 1 heterocycles. The Morgan fingerprint density at radius 2 is 2.05 bits per heavy atom. The number of pyridine rings is 1. The molecule has 118 valence electrons. The number of hydrogen-bond acceptors (Lipinski definition) is 3. The maximum atomic E-state index is 12.2. The molecule has 22 heavy (non-hydrogen) atoms. The number of nitrogens with one attached hydrogen (secondary N) is 1. The second kappa shape index (κ2) is 6.64. The van der Waals surface area contributed by atoms with Crippen LogP contribution in [0.5, 0.6) is 5.75 Å². The molecule has 0 unspecified atom stereocenters. The van der Waals surface area contributed by atoms with Gasteiger partial charge in [0.25, 0.3) is 5.56 Å². The van der Waals surface area contributed by atoms with Gasteiger partial charge in [0.2, 0.25) is 5.91 Å². The van der Waals surface area contributed by atoms with E-state index in [1.165, 1.54) is 0 Å². The quantitative estimate of drug-likeness (QED) is 0.923. The van der Waals surface area contributed by atoms with Crippen molar-refractivity contribution in [2.24, 2.45) is 0 Å². The second-order valence-electron chi connectivity index (χ2n) is 5.55. The molecule has 5 heteroatoms. The number of carbonyl (C=O) groups is 1. The molecular weight excluding hydrogens is 280 g/mol. The normalized spacial score (nSPS) is 11.0. The minimum Gasteiger partial charge on any atom is -0.497 e. The first kappa shape index (κ1) is 16.1. The zero-order valence-electron chi connectivity index (χ0n) is 13.5. The third-order valence-electron chi connectivity index (χ3n) is 3.72. The van der Waals surface area contributed by atoms with Crippen molar-refractivity contribution >= 4 is 16.8 Å². The van der Waals surface area contributed by atoms with Gasteiger partial charge in [0.1, 0.15) is 5.75 Å². The van der Waals surface area contributed by atoms with E-state index in [2.05, 4.69) is 4.98 Å². The number of methoxy groups -OCH3 is 1. The molecule has 0 aliphatic rings. The number of ether oxygens (including phenoxy) is 1. The highest BCUT2D eigenvalue weighted by molar-refractivity contribution is 5.81. The molecule has 0 spiro atoms. The van der Waals surface area contributed by atoms with Crippen molar-refractivity contribution in [2.75, 3.05) is 7.11 Å². The molecule has 0 atom stereocenters. The monoisotopic (exact) mass is 302 g/mol. The summed E-state index contributed by atoms with van der Waals surface area (Å²) in [5.74, 6) is 0.774. The lowest BCUT2D eigenvalue weighted by Gasteiger charge is -2.26. The van der Waals surface area contributed by atoms with Crippen molar-refractivity contribution < 1.29 is 9.53 Å². The third-order valence-corrected chi connectivity index (χ3v) is 3.72. The Balaban J connectivity index is 2.43. The van der Waals surface area contributed by atoms with E-state index in [-0.39, 0.29) is 17.5 Å². The molecule has 1 amide bonds. The van der Waals surface area contributed by atoms with Gasteiger partial charge in [-0.2, -0.15) is 0 Å². The molecule has 1 aromatic carbocycles. The van der Waals surface area contributed by atoms with Gasteiger partial charge in [0.05, 0.1) is 13.7 Å². The topological polar surface area (TPSA) is 62.4 Å². The number of hydrogen-bond donors (Lipinski definition) is 1. The first-order chi connectivity index (χ1) is 10.5. The molecule has 0 fully saturated rings. The fourth-order valence-electron chi connectivity index (χ4n) is 2.42. The van der Waals surface area contributed by atoms with Crippen LogP contribution in [0.3, 0.4) is 0 Å². The molecule has 1 N–H and O–H groups in total. The van der Waals surface area contributed by atoms with E-state index in [9.17, 15) is 9.59 Å². The maximum absolute atomic E-state index is 12.2. The third kappa shape index (κ3) is 3.30. The summed E-state index contributed by atoms with van der Waals surface area (Å²) in [6.45, 7) is 6.04. The highest BCUT2D eigenvalue weighted by Gasteiger charge is 2.17. The van der Waals surface area contributed by atoms with Crippen molar-refractivity contribution in [1.29, 1.82) is 0 Å². The van der Waals surface area contributed by atoms with E-state index in [0.717, 1.165) is 16.7 Å². The first-order valence-corrected chi connectivity index (χ1v) is 7.45. The zero-order valence-corrected chi connectivity index (χ0v) is 13.5. The minimum absolute atomic E-state index is 0.0418. The van der Waals surface area contributed by atoms with Gasteiger partial charge in [-0.05, 0) is 38.1 Å². The van der Waals surface area contributed by atoms with Crippen LogP contribution < -0.4 is 10.3 Å². The highest BCUT2D eigenvalue weighted by Crippen LogP contribution is 2.19. The van der Waals surface area contributed by atoms with E-state index in [4.69, 9.17) is 4.74 Å². The Morgan fingerprint density at radius 3 is 2.64 bits per heavy atom. The fraction of sp³-hybridized carbons (Fsp3) is 0.412. The highest BCUT2D eigenvalue weighted by atomic mass is 16.5. The summed E-state index contributed by atoms with van der Waals surface area (Å²) in [5, 5.41) is 0.890. The number of aromatic nitrogens is 1. The van der Waals surface area contributed by atoms with E-state index >= 15 is 0 Å². The summed E-state index contributed by atoms with van der Waals surface area (Å²) < 4.78 is 5.21. The van der Waals surface area contributed by atoms with E-state index in [1.807, 2.05) is 39.0 Å². The van der Waals surface area contributed by atoms with Gasteiger partial charge < -0.3 is 14.6 Å². The molecule has 0 bridgehead atoms. The van der Waals surface area contributed by atoms with Gasteiger partial charge in [-0.1, -0.05) is 6.92 Å². The fourth-order valence-corrected chi connectivity index (χ4v) is 2.42. The predicted molar refractivity (Wildman–Crippen MR) is 87.1 cm³/mol. The number of H-pyrrole nitrogens is 1. The number of amides is 1. The first-order valence-electron chi connectivity index (χ1n) is 7.45. The van der Waals surface area contributed by atoms with Crippen molar-refractivity contribution in [3.8, 4) is 5.75 Å². The molecule has 0 aliphatic heterocycles. The lowest BCUT2D eigenvalue weighted by Crippen LogP contribution is -2.37. The molecule has 2 aromatic rings. The number of fused-ring (bicyclic) bond motifs is 1. The standard InChI is InChI=1S/C17H22N2O3/c1-5-16(20)19(11(2)3)10-13-8-12-9-14(22-4)6-7-15(12)18-17(13)21/h6-9,11H,5,10H2,1-4H3,(H,18,21). The van der Waals surface area contributed by atoms with Gasteiger partial charge in [-0.25, -0.2) is 0 Å². The van der Waals surface area contributed by atoms with Crippen LogP contribution in [-0.2, 0) is 11.3 Å². The summed E-state index contributed by atoms with van der Waals surface area (Å²) in [6.07, 6.45) is 0.428. The van der Waals surface area contributed by atoms with Crippen LogP contribution in [0.25, 0.3) is 10.9 Å². The van der Waals surface area contributed by atoms with Crippen molar-refractivity contribution in [3.63, 3.8) is 0 Å². The predicted octanol–water partition coefficient (Wildman–Crippen LogP) is 2.68. The van der Waals surface area contributed by atoms with E-state index < -0.39 is 0 Å². The van der Waals surface area contributed by atoms with E-state index in [1.54, 1.807) is 18.1 Å². The summed E-state index contributed by atoms with van der Waals surface area (Å²) in [6, 6.07) is 7.37. The molecule has 2 rings (SSSR count). The Morgan fingerprint density at radius 1 is 1.32 bits per heavy atom. The molecule has 1 aromatic heterocycles. The average Bonchev–Trinajstić information content (AvgIpc) is 2.51. The molecular formula is C17H22N2O3. The molecule has 5 nitrogen and oxygen atoms in total. The van der Waals surface area contributed by atoms with Crippen LogP contribution in [0.15, 0.2) is 29.1 Å². The molecule has 0 saturated carbocycles. The summed E-state index contributed by atoms with van der Waals surface area (Å²) in [7, 11) is 1.61. The van der Waals surface area contributed by atoms with Crippen LogP contribution in [-0.4, -0.2) is 28.9 Å². The van der Waals surface area contributed by atoms with Crippen molar-refractivity contribution in [2.45, 2.75) is 39.8 Å². The number of nitrogens with zero attached hydrogens (tertiary/aromatic N) is 1. The zero-order chi connectivity index (χ0) is 16.3. The number of aromatic amines is 1. The summed E-state index contributed by atoms with van der Waals surface area (Å²) >= 11 is 0. The van der Waals surface area contributed by atoms with Gasteiger partial charge in [-0.15, -0.1) is 0 Å². The SMILES string of the molecule is CCC(=O)N(Cc1cc2cc(OC)ccc2[nH]c1=O)C(C)C. The molecule has 0 radical (unpaired) electrons. The lowest BCUT2D eigenvalue weighted by molar-refractivity contribution is -0.133. The Kier molecular flexibility index (Phi) is 4.85. The lowest BCUT2D eigenvalue weighted by atomic mass is 10.1. The summed E-state index contributed by atoms with van der Waals surface area (Å²) in [5.41, 5.74) is 1.18. The average molecular weight is 302 g/mol. The van der Waals surface area contributed by atoms with Crippen LogP contribution in [0.4, 0.5) is 0 Å². The molecule has 0 saturated heterocycles. The molecule has 0 aliphatic carbocycles. The van der Waals surface area contributed by atoms with Crippen LogP contribution in [0.1, 0.15) is 32.8 Å². The van der Waals surface area contributed by atoms with Crippen LogP contribution >= 0.6 is 0 Å². The Hall–Kier alpha value is -2.30. The minimum atomic E-state index is -0.160. The number of carbonyl (C=O) groups excluding carboxylic acids is 1. The number of benzene rings is 1. The van der Waals surface area contributed by atoms with Gasteiger partial charge in [0.15, 0.2) is 0 Å². The summed E-state index contributed by atoms with van der Waals surface area (Å²) in [4.78, 5) is 28.8. The van der Waals surface area contributed by atoms with E-state index in [0.29, 0.717) is 18.5 Å². The van der Waals surface area contributed by atoms with Crippen molar-refractivity contribution in [3.05, 3.63) is 40.2 Å². The van der Waals surface area contributed by atoms with Gasteiger partial charge >= 0.3 is 0 Å². The van der Waals surface area contributed by atoms with Crippen molar-refractivity contribution in [1.82, 2.24) is 9.88 Å². The Bertz CT molecular complexity index is 734.